The average molecular weight is 262 g/mol. The highest BCUT2D eigenvalue weighted by Crippen LogP contribution is 2.35. The second-order valence-corrected chi connectivity index (χ2v) is 6.57. The van der Waals surface area contributed by atoms with Gasteiger partial charge in [0.1, 0.15) is 12.4 Å². The molecule has 0 radical (unpaired) electrons. The van der Waals surface area contributed by atoms with Crippen molar-refractivity contribution in [3.8, 4) is 5.75 Å². The van der Waals surface area contributed by atoms with E-state index in [2.05, 4.69) is 62.9 Å². The van der Waals surface area contributed by atoms with Crippen molar-refractivity contribution in [2.75, 3.05) is 45.2 Å². The standard InChI is InChI=1S/C16H26N2O/c1-16(2,3)13-6-7-14-15(12-13)19-11-10-18(14)9-8-17(4)5/h6-7,12H,8-11H2,1-5H3. The molecule has 1 aliphatic heterocycles. The molecule has 0 N–H and O–H groups in total. The lowest BCUT2D eigenvalue weighted by Crippen LogP contribution is -2.37. The van der Waals surface area contributed by atoms with Crippen molar-refractivity contribution in [1.82, 2.24) is 4.90 Å². The van der Waals surface area contributed by atoms with Gasteiger partial charge in [-0.25, -0.2) is 0 Å². The maximum Gasteiger partial charge on any atom is 0.142 e. The van der Waals surface area contributed by atoms with Gasteiger partial charge < -0.3 is 14.5 Å². The van der Waals surface area contributed by atoms with Crippen LogP contribution >= 0.6 is 0 Å². The van der Waals surface area contributed by atoms with E-state index in [1.165, 1.54) is 11.3 Å². The smallest absolute Gasteiger partial charge is 0.142 e. The van der Waals surface area contributed by atoms with Crippen molar-refractivity contribution in [3.05, 3.63) is 23.8 Å². The molecule has 1 aromatic carbocycles. The van der Waals surface area contributed by atoms with E-state index in [1.807, 2.05) is 0 Å². The van der Waals surface area contributed by atoms with Gasteiger partial charge in [0.15, 0.2) is 0 Å². The summed E-state index contributed by atoms with van der Waals surface area (Å²) in [7, 11) is 4.23. The Bertz CT molecular complexity index is 435. The van der Waals surface area contributed by atoms with Gasteiger partial charge in [-0.2, -0.15) is 0 Å². The fourth-order valence-electron chi connectivity index (χ4n) is 2.30. The molecule has 0 bridgehead atoms. The number of anilines is 1. The number of rotatable bonds is 3. The first kappa shape index (κ1) is 14.2. The number of hydrogen-bond acceptors (Lipinski definition) is 3. The highest BCUT2D eigenvalue weighted by molar-refractivity contribution is 5.61. The summed E-state index contributed by atoms with van der Waals surface area (Å²) in [5.74, 6) is 1.04. The summed E-state index contributed by atoms with van der Waals surface area (Å²) in [4.78, 5) is 4.64. The minimum absolute atomic E-state index is 0.171. The average Bonchev–Trinajstić information content (AvgIpc) is 2.34. The molecule has 0 unspecified atom stereocenters. The molecule has 3 nitrogen and oxygen atoms in total. The maximum atomic E-state index is 5.84. The lowest BCUT2D eigenvalue weighted by Gasteiger charge is -2.33. The van der Waals surface area contributed by atoms with Crippen LogP contribution in [0.4, 0.5) is 5.69 Å². The third-order valence-electron chi connectivity index (χ3n) is 3.60. The van der Waals surface area contributed by atoms with E-state index in [0.29, 0.717) is 0 Å². The molecule has 0 fully saturated rings. The summed E-state index contributed by atoms with van der Waals surface area (Å²) >= 11 is 0. The fourth-order valence-corrected chi connectivity index (χ4v) is 2.30. The quantitative estimate of drug-likeness (QED) is 0.833. The number of hydrogen-bond donors (Lipinski definition) is 0. The summed E-state index contributed by atoms with van der Waals surface area (Å²) in [5.41, 5.74) is 2.74. The molecule has 2 rings (SSSR count). The van der Waals surface area contributed by atoms with Crippen LogP contribution in [0.2, 0.25) is 0 Å². The molecule has 0 amide bonds. The van der Waals surface area contributed by atoms with E-state index in [-0.39, 0.29) is 5.41 Å². The van der Waals surface area contributed by atoms with Crippen LogP contribution in [0.15, 0.2) is 18.2 Å². The van der Waals surface area contributed by atoms with Gasteiger partial charge in [0.25, 0.3) is 0 Å². The third kappa shape index (κ3) is 3.41. The highest BCUT2D eigenvalue weighted by Gasteiger charge is 2.21. The van der Waals surface area contributed by atoms with Crippen molar-refractivity contribution in [2.45, 2.75) is 26.2 Å². The second-order valence-electron chi connectivity index (χ2n) is 6.57. The van der Waals surface area contributed by atoms with Crippen LogP contribution in [0.5, 0.6) is 5.75 Å². The predicted molar refractivity (Wildman–Crippen MR) is 81.4 cm³/mol. The maximum absolute atomic E-state index is 5.84. The number of likely N-dealkylation sites (N-methyl/N-ethyl adjacent to an activating group) is 1. The SMILES string of the molecule is CN(C)CCN1CCOc2cc(C(C)(C)C)ccc21. The topological polar surface area (TPSA) is 15.7 Å². The van der Waals surface area contributed by atoms with Crippen molar-refractivity contribution in [1.29, 1.82) is 0 Å². The number of benzene rings is 1. The summed E-state index contributed by atoms with van der Waals surface area (Å²) in [5, 5.41) is 0. The van der Waals surface area contributed by atoms with Gasteiger partial charge in [0.2, 0.25) is 0 Å². The Balaban J connectivity index is 2.21. The van der Waals surface area contributed by atoms with E-state index >= 15 is 0 Å². The zero-order valence-corrected chi connectivity index (χ0v) is 12.9. The normalized spacial score (nSPS) is 15.4. The van der Waals surface area contributed by atoms with Crippen molar-refractivity contribution < 1.29 is 4.74 Å². The van der Waals surface area contributed by atoms with Crippen LogP contribution in [0.25, 0.3) is 0 Å². The molecule has 106 valence electrons. The molecule has 0 saturated heterocycles. The summed E-state index contributed by atoms with van der Waals surface area (Å²) < 4.78 is 5.84. The monoisotopic (exact) mass is 262 g/mol. The van der Waals surface area contributed by atoms with Crippen molar-refractivity contribution in [2.24, 2.45) is 0 Å². The van der Waals surface area contributed by atoms with E-state index in [0.717, 1.165) is 32.0 Å². The lowest BCUT2D eigenvalue weighted by molar-refractivity contribution is 0.302. The Hall–Kier alpha value is -1.22. The molecule has 0 aromatic heterocycles. The molecule has 3 heteroatoms. The number of nitrogens with zero attached hydrogens (tertiary/aromatic N) is 2. The van der Waals surface area contributed by atoms with Gasteiger partial charge in [0.05, 0.1) is 12.2 Å². The van der Waals surface area contributed by atoms with E-state index in [9.17, 15) is 0 Å². The molecular weight excluding hydrogens is 236 g/mol. The zero-order chi connectivity index (χ0) is 14.0. The first-order chi connectivity index (χ1) is 8.88. The van der Waals surface area contributed by atoms with Gasteiger partial charge in [-0.1, -0.05) is 26.8 Å². The molecule has 0 saturated carbocycles. The molecule has 19 heavy (non-hydrogen) atoms. The Labute approximate surface area is 117 Å². The first-order valence-corrected chi connectivity index (χ1v) is 7.05. The molecule has 0 spiro atoms. The minimum Gasteiger partial charge on any atom is -0.490 e. The van der Waals surface area contributed by atoms with E-state index < -0.39 is 0 Å². The van der Waals surface area contributed by atoms with Gasteiger partial charge in [0, 0.05) is 13.1 Å². The third-order valence-corrected chi connectivity index (χ3v) is 3.60. The zero-order valence-electron chi connectivity index (χ0n) is 12.9. The predicted octanol–water partition coefficient (Wildman–Crippen LogP) is 2.74. The van der Waals surface area contributed by atoms with E-state index in [1.54, 1.807) is 0 Å². The van der Waals surface area contributed by atoms with Crippen LogP contribution in [-0.4, -0.2) is 45.2 Å². The van der Waals surface area contributed by atoms with Crippen LogP contribution in [0, 0.1) is 0 Å². The van der Waals surface area contributed by atoms with Crippen molar-refractivity contribution >= 4 is 5.69 Å². The molecular formula is C16H26N2O. The molecule has 1 aromatic rings. The van der Waals surface area contributed by atoms with E-state index in [4.69, 9.17) is 4.74 Å². The van der Waals surface area contributed by atoms with Gasteiger partial charge in [-0.3, -0.25) is 0 Å². The Kier molecular flexibility index (Phi) is 4.04. The highest BCUT2D eigenvalue weighted by atomic mass is 16.5. The van der Waals surface area contributed by atoms with Crippen LogP contribution in [-0.2, 0) is 5.41 Å². The summed E-state index contributed by atoms with van der Waals surface area (Å²) in [6.45, 7) is 10.6. The van der Waals surface area contributed by atoms with Gasteiger partial charge >= 0.3 is 0 Å². The van der Waals surface area contributed by atoms with Crippen molar-refractivity contribution in [3.63, 3.8) is 0 Å². The lowest BCUT2D eigenvalue weighted by atomic mass is 9.86. The Morgan fingerprint density at radius 1 is 1.26 bits per heavy atom. The van der Waals surface area contributed by atoms with Crippen LogP contribution in [0.1, 0.15) is 26.3 Å². The summed E-state index contributed by atoms with van der Waals surface area (Å²) in [6, 6.07) is 6.65. The van der Waals surface area contributed by atoms with Gasteiger partial charge in [-0.15, -0.1) is 0 Å². The fraction of sp³-hybridized carbons (Fsp3) is 0.625. The van der Waals surface area contributed by atoms with Crippen LogP contribution in [0.3, 0.4) is 0 Å². The number of ether oxygens (including phenoxy) is 1. The first-order valence-electron chi connectivity index (χ1n) is 7.05. The summed E-state index contributed by atoms with van der Waals surface area (Å²) in [6.07, 6.45) is 0. The minimum atomic E-state index is 0.171. The van der Waals surface area contributed by atoms with Gasteiger partial charge in [-0.05, 0) is 37.2 Å². The Morgan fingerprint density at radius 3 is 2.63 bits per heavy atom. The number of fused-ring (bicyclic) bond motifs is 1. The Morgan fingerprint density at radius 2 is 2.00 bits per heavy atom. The molecule has 0 atom stereocenters. The van der Waals surface area contributed by atoms with Crippen LogP contribution < -0.4 is 9.64 Å². The molecule has 0 aliphatic carbocycles. The second kappa shape index (κ2) is 5.41. The largest absolute Gasteiger partial charge is 0.490 e. The molecule has 1 heterocycles. The molecule has 1 aliphatic rings.